The quantitative estimate of drug-likeness (QED) is 0.284. The van der Waals surface area contributed by atoms with Gasteiger partial charge in [-0.2, -0.15) is 9.90 Å². The van der Waals surface area contributed by atoms with Crippen molar-refractivity contribution in [1.82, 2.24) is 0 Å². The molecule has 0 bridgehead atoms. The summed E-state index contributed by atoms with van der Waals surface area (Å²) in [5.41, 5.74) is 0. The minimum absolute atomic E-state index is 0. The van der Waals surface area contributed by atoms with Gasteiger partial charge in [0.15, 0.2) is 0 Å². The Hall–Kier alpha value is 1.75. The normalized spacial score (nSPS) is 8.57. The molecule has 0 saturated carbocycles. The molecule has 0 radical (unpaired) electrons. The average molecular weight is 168 g/mol. The van der Waals surface area contributed by atoms with Crippen molar-refractivity contribution in [3.63, 3.8) is 0 Å². The minimum Gasteiger partial charge on any atom is -0.828 e. The van der Waals surface area contributed by atoms with Gasteiger partial charge in [0, 0.05) is 0 Å². The van der Waals surface area contributed by atoms with Crippen molar-refractivity contribution in [3.05, 3.63) is 0 Å². The first-order valence-corrected chi connectivity index (χ1v) is 2.57. The van der Waals surface area contributed by atoms with Gasteiger partial charge in [-0.1, -0.05) is 0 Å². The molecule has 4 nitrogen and oxygen atoms in total. The van der Waals surface area contributed by atoms with Crippen molar-refractivity contribution in [2.75, 3.05) is 0 Å². The molecular weight excluding hydrogens is 163 g/mol. The Morgan fingerprint density at radius 3 is 1.14 bits per heavy atom. The Balaban J connectivity index is -0.0000000800. The topological polar surface area (TPSA) is 86.6 Å². The molecule has 0 spiro atoms. The molecule has 0 aromatic heterocycles. The van der Waals surface area contributed by atoms with Crippen LogP contribution in [0, 0.1) is 0 Å². The zero-order valence-electron chi connectivity index (χ0n) is 3.63. The van der Waals surface area contributed by atoms with E-state index < -0.39 is 9.05 Å². The molecule has 0 saturated heterocycles. The fraction of sp³-hybridized carbons (Fsp3) is 0. The van der Waals surface area contributed by atoms with Crippen LogP contribution in [0.1, 0.15) is 0 Å². The predicted molar refractivity (Wildman–Crippen MR) is 27.1 cm³/mol. The van der Waals surface area contributed by atoms with E-state index in [-0.39, 0.29) is 47.6 Å². The molecule has 0 rings (SSSR count). The van der Waals surface area contributed by atoms with Crippen LogP contribution in [0.15, 0.2) is 0 Å². The Bertz CT molecular complexity index is 27.2. The third-order valence-corrected chi connectivity index (χ3v) is 0. The van der Waals surface area contributed by atoms with Gasteiger partial charge in [0.2, 0.25) is 0 Å². The molecule has 0 fully saturated rings. The molecule has 1 atom stereocenters. The summed E-state index contributed by atoms with van der Waals surface area (Å²) in [7, 11) is -5.11. The van der Waals surface area contributed by atoms with E-state index in [4.69, 9.17) is 19.2 Å². The fourth-order valence-electron chi connectivity index (χ4n) is 0. The van der Waals surface area contributed by atoms with E-state index in [1.165, 1.54) is 0 Å². The maximum absolute atomic E-state index is 8.80. The third-order valence-electron chi connectivity index (χ3n) is 0. The summed E-state index contributed by atoms with van der Waals surface area (Å²) in [5, 5.41) is 0. The largest absolute Gasteiger partial charge is 2.00 e. The molecule has 0 aromatic rings. The van der Waals surface area contributed by atoms with Gasteiger partial charge in [-0.3, -0.25) is 0 Å². The van der Waals surface area contributed by atoms with Crippen molar-refractivity contribution in [2.24, 2.45) is 0 Å². The maximum atomic E-state index is 8.80. The summed E-state index contributed by atoms with van der Waals surface area (Å²) in [5.74, 6) is 0. The molecule has 40 valence electrons. The first-order chi connectivity index (χ1) is 2.00. The Morgan fingerprint density at radius 1 is 1.14 bits per heavy atom. The smallest absolute Gasteiger partial charge is 0.828 e. The first-order valence-electron chi connectivity index (χ1n) is 0.855. The molecule has 2 N–H and O–H groups in total. The molecule has 0 aliphatic heterocycles. The number of rotatable bonds is 0. The second-order valence-corrected chi connectivity index (χ2v) is 1.65. The molecule has 7 heavy (non-hydrogen) atoms. The van der Waals surface area contributed by atoms with E-state index in [0.29, 0.717) is 0 Å². The van der Waals surface area contributed by atoms with E-state index in [1.807, 2.05) is 0 Å². The summed E-state index contributed by atoms with van der Waals surface area (Å²) in [6, 6.07) is 0. The molecule has 0 heterocycles. The van der Waals surface area contributed by atoms with Crippen LogP contribution in [-0.2, 0) is 0 Å². The predicted octanol–water partition coefficient (Wildman–Crippen LogP) is -4.20. The molecular formula is H5CaO4PSi. The van der Waals surface area contributed by atoms with Crippen LogP contribution in [0.2, 0.25) is 0 Å². The average Bonchev–Trinajstić information content (AvgIpc) is 0.722. The third kappa shape index (κ3) is 83.9. The monoisotopic (exact) mass is 168 g/mol. The van der Waals surface area contributed by atoms with Crippen LogP contribution in [-0.4, -0.2) is 56.4 Å². The van der Waals surface area contributed by atoms with Gasteiger partial charge >= 0.3 is 37.7 Å². The van der Waals surface area contributed by atoms with Crippen molar-refractivity contribution >= 4 is 56.7 Å². The molecule has 0 amide bonds. The molecule has 0 aliphatic carbocycles. The van der Waals surface area contributed by atoms with Crippen LogP contribution in [0.4, 0.5) is 0 Å². The summed E-state index contributed by atoms with van der Waals surface area (Å²) in [6.45, 7) is 0. The molecule has 0 aliphatic rings. The molecule has 0 aromatic carbocycles. The van der Waals surface area contributed by atoms with Crippen LogP contribution < -0.4 is 9.59 Å². The Labute approximate surface area is 75.3 Å². The van der Waals surface area contributed by atoms with Gasteiger partial charge in [0.05, 0.1) is 0 Å². The van der Waals surface area contributed by atoms with E-state index in [2.05, 4.69) is 0 Å². The van der Waals surface area contributed by atoms with Gasteiger partial charge in [-0.15, -0.1) is 0 Å². The Morgan fingerprint density at radius 2 is 1.14 bits per heavy atom. The maximum Gasteiger partial charge on any atom is 2.00 e. The van der Waals surface area contributed by atoms with Gasteiger partial charge in [-0.05, 0) is 0 Å². The van der Waals surface area contributed by atoms with Crippen molar-refractivity contribution in [1.29, 1.82) is 0 Å². The molecule has 1 unspecified atom stereocenters. The van der Waals surface area contributed by atoms with Crippen molar-refractivity contribution in [2.45, 2.75) is 0 Å². The van der Waals surface area contributed by atoms with Crippen LogP contribution >= 0.6 is 9.90 Å². The van der Waals surface area contributed by atoms with E-state index in [1.54, 1.807) is 0 Å². The van der Waals surface area contributed by atoms with Gasteiger partial charge in [0.1, 0.15) is 9.05 Å². The van der Waals surface area contributed by atoms with E-state index in [9.17, 15) is 0 Å². The number of hydrogen-bond donors (Lipinski definition) is 2. The SMILES string of the molecule is P.[Ca+2].[O-][Si]([O-])(O)O. The minimum atomic E-state index is -5.11. The second kappa shape index (κ2) is 5.88. The van der Waals surface area contributed by atoms with E-state index in [0.717, 1.165) is 0 Å². The Kier molecular flexibility index (Phi) is 13.3. The van der Waals surface area contributed by atoms with Crippen molar-refractivity contribution in [3.8, 4) is 0 Å². The zero-order valence-corrected chi connectivity index (χ0v) is 8.25. The van der Waals surface area contributed by atoms with Gasteiger partial charge in [0.25, 0.3) is 0 Å². The van der Waals surface area contributed by atoms with Crippen LogP contribution in [0.5, 0.6) is 0 Å². The standard InChI is InChI=1S/Ca.H2O4Si.H3P/c;1-5(2,3)4;/h;1-2H;1H3/q+2;-2;. The zero-order chi connectivity index (χ0) is 4.50. The van der Waals surface area contributed by atoms with Gasteiger partial charge in [-0.25, -0.2) is 0 Å². The second-order valence-electron chi connectivity index (χ2n) is 0.548. The van der Waals surface area contributed by atoms with Crippen LogP contribution in [0.25, 0.3) is 0 Å². The fourth-order valence-corrected chi connectivity index (χ4v) is 0. The summed E-state index contributed by atoms with van der Waals surface area (Å²) >= 11 is 0. The summed E-state index contributed by atoms with van der Waals surface area (Å²) < 4.78 is 0. The van der Waals surface area contributed by atoms with Crippen molar-refractivity contribution < 1.29 is 19.2 Å². The summed E-state index contributed by atoms with van der Waals surface area (Å²) in [4.78, 5) is 31.8. The van der Waals surface area contributed by atoms with Crippen LogP contribution in [0.3, 0.4) is 0 Å². The summed E-state index contributed by atoms with van der Waals surface area (Å²) in [6.07, 6.45) is 0. The number of hydrogen-bond acceptors (Lipinski definition) is 4. The molecule has 7 heteroatoms. The van der Waals surface area contributed by atoms with Gasteiger partial charge < -0.3 is 19.2 Å². The first kappa shape index (κ1) is 15.9. The van der Waals surface area contributed by atoms with E-state index >= 15 is 0 Å².